The summed E-state index contributed by atoms with van der Waals surface area (Å²) < 4.78 is 0. The Kier molecular flexibility index (Phi) is 3.53. The van der Waals surface area contributed by atoms with E-state index in [0.29, 0.717) is 4.91 Å². The Hall–Kier alpha value is -2.21. The highest BCUT2D eigenvalue weighted by atomic mass is 32.2. The van der Waals surface area contributed by atoms with E-state index in [-0.39, 0.29) is 10.9 Å². The van der Waals surface area contributed by atoms with Crippen LogP contribution in [0.4, 0.5) is 0 Å². The molecule has 0 bridgehead atoms. The molecule has 1 rings (SSSR count). The zero-order chi connectivity index (χ0) is 11.3. The van der Waals surface area contributed by atoms with Crippen molar-refractivity contribution in [2.45, 2.75) is 11.3 Å². The molecular weight excluding hydrogens is 208 g/mol. The van der Waals surface area contributed by atoms with E-state index in [1.165, 1.54) is 11.8 Å². The smallest absolute Gasteiger partial charge is 0.296 e. The van der Waals surface area contributed by atoms with Crippen molar-refractivity contribution in [2.24, 2.45) is 0 Å². The Labute approximate surface area is 91.8 Å². The molecule has 0 saturated carbocycles. The molecule has 0 radical (unpaired) electrons. The molecule has 70 valence electrons. The minimum atomic E-state index is -0.755. The minimum Gasteiger partial charge on any atom is -0.296 e. The molecule has 2 atom stereocenters. The number of nitriles is 2. The lowest BCUT2D eigenvalue weighted by Crippen LogP contribution is -2.12. The van der Waals surface area contributed by atoms with Gasteiger partial charge in [-0.15, -0.1) is 11.8 Å². The molecule has 0 spiro atoms. The maximum absolute atomic E-state index is 8.67. The second kappa shape index (κ2) is 4.87. The van der Waals surface area contributed by atoms with E-state index in [4.69, 9.17) is 23.7 Å². The second-order valence-corrected chi connectivity index (χ2v) is 3.80. The molecular formula is C10H4N4S. The standard InChI is InChI=1S/C10H4N4S/c1-13-7(5-11)9-3-4-10(15-9)8(6-12)14-2/h3-4,7,9H. The fraction of sp³-hybridized carbons (Fsp3) is 0.200. The summed E-state index contributed by atoms with van der Waals surface area (Å²) in [5.41, 5.74) is 0.0143. The molecule has 0 aromatic heterocycles. The lowest BCUT2D eigenvalue weighted by Gasteiger charge is -2.02. The van der Waals surface area contributed by atoms with Gasteiger partial charge in [-0.05, 0) is 0 Å². The van der Waals surface area contributed by atoms with Gasteiger partial charge in [-0.1, -0.05) is 12.2 Å². The average molecular weight is 212 g/mol. The summed E-state index contributed by atoms with van der Waals surface area (Å²) in [6, 6.07) is 2.91. The number of thioether (sulfide) groups is 1. The van der Waals surface area contributed by atoms with Crippen molar-refractivity contribution in [1.82, 2.24) is 0 Å². The largest absolute Gasteiger partial charge is 0.322 e. The predicted molar refractivity (Wildman–Crippen MR) is 55.8 cm³/mol. The van der Waals surface area contributed by atoms with Gasteiger partial charge in [0.15, 0.2) is 6.07 Å². The quantitative estimate of drug-likeness (QED) is 0.494. The van der Waals surface area contributed by atoms with E-state index >= 15 is 0 Å². The Morgan fingerprint density at radius 3 is 2.73 bits per heavy atom. The van der Waals surface area contributed by atoms with Crippen LogP contribution < -0.4 is 0 Å². The summed E-state index contributed by atoms with van der Waals surface area (Å²) in [7, 11) is 0. The molecule has 0 aromatic rings. The normalized spacial score (nSPS) is 23.1. The molecule has 1 aliphatic heterocycles. The lowest BCUT2D eigenvalue weighted by atomic mass is 10.2. The average Bonchev–Trinajstić information content (AvgIpc) is 2.71. The Morgan fingerprint density at radius 1 is 1.53 bits per heavy atom. The number of nitrogens with zero attached hydrogens (tertiary/aromatic N) is 4. The third-order valence-electron chi connectivity index (χ3n) is 1.73. The molecule has 0 fully saturated rings. The first-order valence-electron chi connectivity index (χ1n) is 3.89. The van der Waals surface area contributed by atoms with Crippen LogP contribution in [0.2, 0.25) is 0 Å². The number of rotatable bonds is 1. The van der Waals surface area contributed by atoms with Crippen LogP contribution in [0.5, 0.6) is 0 Å². The Balaban J connectivity index is 2.91. The molecule has 1 heterocycles. The van der Waals surface area contributed by atoms with Gasteiger partial charge in [0.05, 0.1) is 12.6 Å². The first kappa shape index (κ1) is 10.9. The van der Waals surface area contributed by atoms with Crippen LogP contribution in [0.25, 0.3) is 9.69 Å². The zero-order valence-electron chi connectivity index (χ0n) is 7.51. The number of hydrogen-bond acceptors (Lipinski definition) is 3. The van der Waals surface area contributed by atoms with E-state index in [1.54, 1.807) is 18.2 Å². The second-order valence-electron chi connectivity index (χ2n) is 2.58. The van der Waals surface area contributed by atoms with Gasteiger partial charge in [0, 0.05) is 4.91 Å². The van der Waals surface area contributed by atoms with Crippen LogP contribution in [0.1, 0.15) is 0 Å². The van der Waals surface area contributed by atoms with Crippen molar-refractivity contribution in [2.75, 3.05) is 0 Å². The van der Waals surface area contributed by atoms with E-state index in [0.717, 1.165) is 0 Å². The van der Waals surface area contributed by atoms with Gasteiger partial charge in [-0.3, -0.25) is 4.85 Å². The summed E-state index contributed by atoms with van der Waals surface area (Å²) in [5.74, 6) is 0. The van der Waals surface area contributed by atoms with Gasteiger partial charge in [0.2, 0.25) is 0 Å². The van der Waals surface area contributed by atoms with Crippen molar-refractivity contribution in [3.63, 3.8) is 0 Å². The molecule has 4 nitrogen and oxygen atoms in total. The first-order chi connectivity index (χ1) is 7.26. The number of hydrogen-bond donors (Lipinski definition) is 0. The third-order valence-corrected chi connectivity index (χ3v) is 3.00. The fourth-order valence-electron chi connectivity index (χ4n) is 1.02. The zero-order valence-corrected chi connectivity index (χ0v) is 8.32. The maximum Gasteiger partial charge on any atom is 0.322 e. The van der Waals surface area contributed by atoms with Crippen molar-refractivity contribution in [3.8, 4) is 12.1 Å². The van der Waals surface area contributed by atoms with Crippen LogP contribution in [0, 0.1) is 35.8 Å². The van der Waals surface area contributed by atoms with Gasteiger partial charge in [0.25, 0.3) is 5.70 Å². The monoisotopic (exact) mass is 212 g/mol. The maximum atomic E-state index is 8.67. The molecule has 0 saturated heterocycles. The van der Waals surface area contributed by atoms with Crippen molar-refractivity contribution < 1.29 is 0 Å². The molecule has 0 N–H and O–H groups in total. The summed E-state index contributed by atoms with van der Waals surface area (Å²) in [4.78, 5) is 6.78. The number of allylic oxidation sites excluding steroid dienone is 2. The Morgan fingerprint density at radius 2 is 2.27 bits per heavy atom. The van der Waals surface area contributed by atoms with Gasteiger partial charge in [-0.25, -0.2) is 16.7 Å². The molecule has 5 heteroatoms. The van der Waals surface area contributed by atoms with Crippen molar-refractivity contribution >= 4 is 11.8 Å². The SMILES string of the molecule is [C-]#[N+]C(C#N)=C1C=CC(C(C#N)[N+]#[C-])S1. The van der Waals surface area contributed by atoms with Crippen LogP contribution in [-0.4, -0.2) is 11.3 Å². The van der Waals surface area contributed by atoms with Gasteiger partial charge in [-0.2, -0.15) is 5.26 Å². The van der Waals surface area contributed by atoms with E-state index in [1.807, 2.05) is 6.07 Å². The topological polar surface area (TPSA) is 56.3 Å². The van der Waals surface area contributed by atoms with E-state index in [2.05, 4.69) is 9.69 Å². The molecule has 0 aliphatic carbocycles. The molecule has 2 unspecified atom stereocenters. The van der Waals surface area contributed by atoms with E-state index in [9.17, 15) is 0 Å². The third kappa shape index (κ3) is 2.18. The summed E-state index contributed by atoms with van der Waals surface area (Å²) in [6.07, 6.45) is 3.32. The molecule has 0 aromatic carbocycles. The molecule has 15 heavy (non-hydrogen) atoms. The van der Waals surface area contributed by atoms with Gasteiger partial charge >= 0.3 is 6.04 Å². The van der Waals surface area contributed by atoms with Gasteiger partial charge < -0.3 is 0 Å². The van der Waals surface area contributed by atoms with Crippen LogP contribution in [-0.2, 0) is 0 Å². The van der Waals surface area contributed by atoms with Crippen LogP contribution >= 0.6 is 11.8 Å². The Bertz CT molecular complexity index is 459. The van der Waals surface area contributed by atoms with Crippen molar-refractivity contribution in [3.05, 3.63) is 45.6 Å². The summed E-state index contributed by atoms with van der Waals surface area (Å²) >= 11 is 1.22. The first-order valence-corrected chi connectivity index (χ1v) is 4.77. The van der Waals surface area contributed by atoms with Crippen LogP contribution in [0.15, 0.2) is 22.8 Å². The highest BCUT2D eigenvalue weighted by molar-refractivity contribution is 8.04. The molecule has 1 aliphatic rings. The van der Waals surface area contributed by atoms with Crippen LogP contribution in [0.3, 0.4) is 0 Å². The lowest BCUT2D eigenvalue weighted by molar-refractivity contribution is 0.999. The van der Waals surface area contributed by atoms with Gasteiger partial charge in [0.1, 0.15) is 5.25 Å². The summed E-state index contributed by atoms with van der Waals surface area (Å²) in [5, 5.41) is 17.0. The highest BCUT2D eigenvalue weighted by Gasteiger charge is 2.29. The van der Waals surface area contributed by atoms with E-state index < -0.39 is 6.04 Å². The van der Waals surface area contributed by atoms with Crippen molar-refractivity contribution in [1.29, 1.82) is 10.5 Å². The predicted octanol–water partition coefficient (Wildman–Crippen LogP) is 2.12. The molecule has 0 amide bonds. The highest BCUT2D eigenvalue weighted by Crippen LogP contribution is 2.36. The fourth-order valence-corrected chi connectivity index (χ4v) is 2.08. The summed E-state index contributed by atoms with van der Waals surface area (Å²) in [6.45, 7) is 13.6. The minimum absolute atomic E-state index is 0.0143.